The van der Waals surface area contributed by atoms with Crippen LogP contribution in [0, 0.1) is 6.92 Å². The molecule has 0 aliphatic heterocycles. The average molecular weight is 186 g/mol. The molecule has 1 aromatic carbocycles. The van der Waals surface area contributed by atoms with Gasteiger partial charge < -0.3 is 5.73 Å². The Kier molecular flexibility index (Phi) is 2.08. The van der Waals surface area contributed by atoms with E-state index in [-0.39, 0.29) is 4.90 Å². The highest BCUT2D eigenvalue weighted by Gasteiger charge is 2.11. The summed E-state index contributed by atoms with van der Waals surface area (Å²) < 4.78 is 21.9. The van der Waals surface area contributed by atoms with Crippen molar-refractivity contribution in [3.05, 3.63) is 23.8 Å². The lowest BCUT2D eigenvalue weighted by Gasteiger charge is -2.04. The minimum atomic E-state index is -3.64. The van der Waals surface area contributed by atoms with Crippen molar-refractivity contribution in [3.63, 3.8) is 0 Å². The van der Waals surface area contributed by atoms with Crippen LogP contribution in [0.3, 0.4) is 0 Å². The topological polar surface area (TPSA) is 86.2 Å². The second-order valence-corrected chi connectivity index (χ2v) is 4.05. The highest BCUT2D eigenvalue weighted by Crippen LogP contribution is 2.18. The summed E-state index contributed by atoms with van der Waals surface area (Å²) >= 11 is 0. The molecule has 0 aliphatic carbocycles. The molecule has 0 atom stereocenters. The molecular formula is C7H10N2O2S. The van der Waals surface area contributed by atoms with E-state index in [2.05, 4.69) is 0 Å². The van der Waals surface area contributed by atoms with Crippen LogP contribution in [0.4, 0.5) is 5.69 Å². The summed E-state index contributed by atoms with van der Waals surface area (Å²) in [7, 11) is -3.64. The molecular weight excluding hydrogens is 176 g/mol. The number of rotatable bonds is 1. The maximum absolute atomic E-state index is 10.9. The van der Waals surface area contributed by atoms with E-state index in [1.54, 1.807) is 19.1 Å². The molecule has 12 heavy (non-hydrogen) atoms. The molecule has 0 saturated heterocycles. The molecule has 0 saturated carbocycles. The van der Waals surface area contributed by atoms with Gasteiger partial charge in [-0.25, -0.2) is 13.6 Å². The Hall–Kier alpha value is -1.07. The summed E-state index contributed by atoms with van der Waals surface area (Å²) in [5, 5.41) is 4.94. The minimum absolute atomic E-state index is 0.0856. The maximum Gasteiger partial charge on any atom is 0.238 e. The van der Waals surface area contributed by atoms with Crippen molar-refractivity contribution in [2.75, 3.05) is 5.73 Å². The molecule has 0 aromatic heterocycles. The predicted octanol–water partition coefficient (Wildman–Crippen LogP) is 0.225. The quantitative estimate of drug-likeness (QED) is 0.615. The van der Waals surface area contributed by atoms with E-state index < -0.39 is 10.0 Å². The van der Waals surface area contributed by atoms with E-state index in [0.29, 0.717) is 11.3 Å². The van der Waals surface area contributed by atoms with Gasteiger partial charge in [-0.3, -0.25) is 0 Å². The molecule has 0 unspecified atom stereocenters. The van der Waals surface area contributed by atoms with Crippen LogP contribution in [0.2, 0.25) is 0 Å². The lowest BCUT2D eigenvalue weighted by atomic mass is 10.2. The van der Waals surface area contributed by atoms with Crippen LogP contribution in [0.15, 0.2) is 23.1 Å². The fourth-order valence-corrected chi connectivity index (χ4v) is 1.75. The minimum Gasteiger partial charge on any atom is -0.398 e. The van der Waals surface area contributed by atoms with E-state index in [1.807, 2.05) is 0 Å². The van der Waals surface area contributed by atoms with Gasteiger partial charge in [-0.15, -0.1) is 0 Å². The maximum atomic E-state index is 10.9. The standard InChI is InChI=1S/C7H10N2O2S/c1-5-6(8)3-2-4-7(5)12(9,10)11/h2-4H,8H2,1H3,(H2,9,10,11). The van der Waals surface area contributed by atoms with Gasteiger partial charge in [0.1, 0.15) is 0 Å². The van der Waals surface area contributed by atoms with Crippen molar-refractivity contribution in [3.8, 4) is 0 Å². The normalized spacial score (nSPS) is 11.5. The largest absolute Gasteiger partial charge is 0.398 e. The number of nitrogens with two attached hydrogens (primary N) is 2. The second kappa shape index (κ2) is 2.76. The van der Waals surface area contributed by atoms with Crippen LogP contribution in [-0.2, 0) is 10.0 Å². The van der Waals surface area contributed by atoms with E-state index in [9.17, 15) is 8.42 Å². The number of hydrogen-bond donors (Lipinski definition) is 2. The van der Waals surface area contributed by atoms with Crippen molar-refractivity contribution >= 4 is 15.7 Å². The Morgan fingerprint density at radius 2 is 1.92 bits per heavy atom. The molecule has 0 radical (unpaired) electrons. The van der Waals surface area contributed by atoms with Crippen LogP contribution in [0.1, 0.15) is 5.56 Å². The van der Waals surface area contributed by atoms with Gasteiger partial charge in [0.2, 0.25) is 10.0 Å². The van der Waals surface area contributed by atoms with Gasteiger partial charge in [0.25, 0.3) is 0 Å². The van der Waals surface area contributed by atoms with Crippen LogP contribution < -0.4 is 10.9 Å². The summed E-state index contributed by atoms with van der Waals surface area (Å²) in [5.74, 6) is 0. The number of primary sulfonamides is 1. The SMILES string of the molecule is Cc1c(N)cccc1S(N)(=O)=O. The van der Waals surface area contributed by atoms with E-state index >= 15 is 0 Å². The van der Waals surface area contributed by atoms with Gasteiger partial charge in [-0.05, 0) is 24.6 Å². The van der Waals surface area contributed by atoms with Crippen molar-refractivity contribution in [2.45, 2.75) is 11.8 Å². The molecule has 0 spiro atoms. The number of sulfonamides is 1. The van der Waals surface area contributed by atoms with Crippen molar-refractivity contribution < 1.29 is 8.42 Å². The van der Waals surface area contributed by atoms with Crippen LogP contribution in [-0.4, -0.2) is 8.42 Å². The van der Waals surface area contributed by atoms with E-state index in [4.69, 9.17) is 10.9 Å². The molecule has 1 aromatic rings. The number of nitrogen functional groups attached to an aromatic ring is 1. The van der Waals surface area contributed by atoms with Crippen molar-refractivity contribution in [2.24, 2.45) is 5.14 Å². The molecule has 5 heteroatoms. The second-order valence-electron chi connectivity index (χ2n) is 2.52. The Balaban J connectivity index is 3.47. The highest BCUT2D eigenvalue weighted by molar-refractivity contribution is 7.89. The predicted molar refractivity (Wildman–Crippen MR) is 47.0 cm³/mol. The first kappa shape index (κ1) is 9.02. The fourth-order valence-electron chi connectivity index (χ4n) is 0.940. The Morgan fingerprint density at radius 1 is 1.33 bits per heavy atom. The van der Waals surface area contributed by atoms with Crippen LogP contribution in [0.25, 0.3) is 0 Å². The van der Waals surface area contributed by atoms with Gasteiger partial charge in [-0.1, -0.05) is 6.07 Å². The number of hydrogen-bond acceptors (Lipinski definition) is 3. The molecule has 0 fully saturated rings. The summed E-state index contributed by atoms with van der Waals surface area (Å²) in [6.07, 6.45) is 0. The fraction of sp³-hybridized carbons (Fsp3) is 0.143. The first-order valence-corrected chi connectivity index (χ1v) is 4.85. The van der Waals surface area contributed by atoms with Gasteiger partial charge in [0.05, 0.1) is 4.90 Å². The molecule has 0 heterocycles. The van der Waals surface area contributed by atoms with Gasteiger partial charge in [0, 0.05) is 5.69 Å². The van der Waals surface area contributed by atoms with E-state index in [1.165, 1.54) is 6.07 Å². The summed E-state index contributed by atoms with van der Waals surface area (Å²) in [6, 6.07) is 4.62. The Bertz CT molecular complexity index is 398. The zero-order valence-electron chi connectivity index (χ0n) is 6.61. The van der Waals surface area contributed by atoms with Crippen LogP contribution >= 0.6 is 0 Å². The Morgan fingerprint density at radius 3 is 2.33 bits per heavy atom. The zero-order chi connectivity index (χ0) is 9.35. The van der Waals surface area contributed by atoms with Crippen molar-refractivity contribution in [1.82, 2.24) is 0 Å². The molecule has 0 bridgehead atoms. The molecule has 4 nitrogen and oxygen atoms in total. The van der Waals surface area contributed by atoms with Crippen molar-refractivity contribution in [1.29, 1.82) is 0 Å². The first-order chi connectivity index (χ1) is 5.43. The zero-order valence-corrected chi connectivity index (χ0v) is 7.43. The third-order valence-corrected chi connectivity index (χ3v) is 2.69. The van der Waals surface area contributed by atoms with Gasteiger partial charge in [0.15, 0.2) is 0 Å². The smallest absolute Gasteiger partial charge is 0.238 e. The molecule has 0 amide bonds. The van der Waals surface area contributed by atoms with Gasteiger partial charge in [-0.2, -0.15) is 0 Å². The molecule has 1 rings (SSSR count). The first-order valence-electron chi connectivity index (χ1n) is 3.31. The monoisotopic (exact) mass is 186 g/mol. The molecule has 66 valence electrons. The summed E-state index contributed by atoms with van der Waals surface area (Å²) in [5.41, 5.74) is 6.43. The summed E-state index contributed by atoms with van der Waals surface area (Å²) in [6.45, 7) is 1.62. The van der Waals surface area contributed by atoms with E-state index in [0.717, 1.165) is 0 Å². The summed E-state index contributed by atoms with van der Waals surface area (Å²) in [4.78, 5) is 0.0856. The third kappa shape index (κ3) is 1.57. The number of benzene rings is 1. The average Bonchev–Trinajstić information content (AvgIpc) is 1.92. The van der Waals surface area contributed by atoms with Crippen LogP contribution in [0.5, 0.6) is 0 Å². The molecule has 4 N–H and O–H groups in total. The number of anilines is 1. The Labute approximate surface area is 71.2 Å². The molecule has 0 aliphatic rings. The highest BCUT2D eigenvalue weighted by atomic mass is 32.2. The lowest BCUT2D eigenvalue weighted by Crippen LogP contribution is -2.14. The lowest BCUT2D eigenvalue weighted by molar-refractivity contribution is 0.597. The third-order valence-electron chi connectivity index (χ3n) is 1.63. The van der Waals surface area contributed by atoms with Gasteiger partial charge >= 0.3 is 0 Å².